The van der Waals surface area contributed by atoms with Crippen molar-refractivity contribution in [3.05, 3.63) is 27.6 Å². The van der Waals surface area contributed by atoms with E-state index in [0.29, 0.717) is 12.0 Å². The van der Waals surface area contributed by atoms with E-state index < -0.39 is 18.0 Å². The van der Waals surface area contributed by atoms with E-state index >= 15 is 0 Å². The predicted molar refractivity (Wildman–Crippen MR) is 87.1 cm³/mol. The van der Waals surface area contributed by atoms with E-state index in [-0.39, 0.29) is 30.0 Å². The third-order valence-corrected chi connectivity index (χ3v) is 5.48. The molecule has 128 valence electrons. The highest BCUT2D eigenvalue weighted by atomic mass is 32.1. The third-order valence-electron chi connectivity index (χ3n) is 4.55. The van der Waals surface area contributed by atoms with Crippen LogP contribution in [0.1, 0.15) is 23.8 Å². The molecule has 1 aromatic rings. The molecule has 0 radical (unpaired) electrons. The Kier molecular flexibility index (Phi) is 4.18. The number of aliphatic hydroxyl groups is 1. The maximum atomic E-state index is 12.2. The number of carbonyl (C=O) groups excluding carboxylic acids is 2. The summed E-state index contributed by atoms with van der Waals surface area (Å²) in [4.78, 5) is 37.4. The van der Waals surface area contributed by atoms with Crippen LogP contribution in [-0.4, -0.2) is 52.1 Å². The lowest BCUT2D eigenvalue weighted by Crippen LogP contribution is -2.61. The highest BCUT2D eigenvalue weighted by Gasteiger charge is 2.56. The second-order valence-electron chi connectivity index (χ2n) is 6.03. The number of aliphatic hydroxyl groups excluding tert-OH is 1. The molecule has 3 heterocycles. The van der Waals surface area contributed by atoms with Crippen LogP contribution < -0.4 is 5.32 Å². The average Bonchev–Trinajstić information content (AvgIpc) is 3.08. The lowest BCUT2D eigenvalue weighted by molar-refractivity contribution is -0.161. The number of fused-ring (bicyclic) bond motifs is 1. The van der Waals surface area contributed by atoms with Gasteiger partial charge < -0.3 is 20.4 Å². The van der Waals surface area contributed by atoms with Gasteiger partial charge in [-0.1, -0.05) is 0 Å². The van der Waals surface area contributed by atoms with Crippen molar-refractivity contribution in [1.82, 2.24) is 10.2 Å². The number of hydrogen-bond donors (Lipinski definition) is 3. The van der Waals surface area contributed by atoms with Gasteiger partial charge in [-0.25, -0.2) is 4.79 Å². The number of amides is 2. The summed E-state index contributed by atoms with van der Waals surface area (Å²) < 4.78 is 0. The monoisotopic (exact) mass is 350 g/mol. The Morgan fingerprint density at radius 2 is 2.21 bits per heavy atom. The molecule has 0 bridgehead atoms. The molecule has 1 aromatic heterocycles. The summed E-state index contributed by atoms with van der Waals surface area (Å²) in [6.07, 6.45) is -0.169. The number of thiophene rings is 1. The first kappa shape index (κ1) is 16.7. The minimum Gasteiger partial charge on any atom is -0.477 e. The average molecular weight is 350 g/mol. The zero-order chi connectivity index (χ0) is 17.6. The van der Waals surface area contributed by atoms with Crippen molar-refractivity contribution in [1.29, 1.82) is 0 Å². The molecule has 2 aliphatic heterocycles. The van der Waals surface area contributed by atoms with Crippen LogP contribution >= 0.6 is 11.3 Å². The first-order valence-corrected chi connectivity index (χ1v) is 8.49. The summed E-state index contributed by atoms with van der Waals surface area (Å²) in [7, 11) is 1.56. The summed E-state index contributed by atoms with van der Waals surface area (Å²) in [6, 6.07) is 1.49. The molecule has 0 spiro atoms. The molecule has 24 heavy (non-hydrogen) atoms. The molecule has 2 amide bonds. The van der Waals surface area contributed by atoms with Gasteiger partial charge in [0.05, 0.1) is 24.5 Å². The van der Waals surface area contributed by atoms with E-state index in [1.807, 2.05) is 5.38 Å². The van der Waals surface area contributed by atoms with Gasteiger partial charge in [0.1, 0.15) is 5.70 Å². The van der Waals surface area contributed by atoms with Crippen LogP contribution in [0.5, 0.6) is 0 Å². The molecule has 8 heteroatoms. The maximum absolute atomic E-state index is 12.2. The molecule has 2 aliphatic rings. The van der Waals surface area contributed by atoms with E-state index in [9.17, 15) is 24.6 Å². The molecule has 3 rings (SSSR count). The molecule has 0 aliphatic carbocycles. The summed E-state index contributed by atoms with van der Waals surface area (Å²) in [6.45, 7) is 1.55. The maximum Gasteiger partial charge on any atom is 0.352 e. The first-order valence-electron chi connectivity index (χ1n) is 7.61. The van der Waals surface area contributed by atoms with Gasteiger partial charge in [0.15, 0.2) is 0 Å². The van der Waals surface area contributed by atoms with Crippen molar-refractivity contribution < 1.29 is 24.6 Å². The summed E-state index contributed by atoms with van der Waals surface area (Å²) in [5.74, 6) is -2.16. The number of carbonyl (C=O) groups is 3. The molecule has 3 atom stereocenters. The molecule has 1 fully saturated rings. The molecule has 0 unspecified atom stereocenters. The Bertz CT molecular complexity index is 751. The molecular weight excluding hydrogens is 332 g/mol. The van der Waals surface area contributed by atoms with Crippen molar-refractivity contribution in [3.8, 4) is 0 Å². The standard InChI is InChI=1S/C16H18N2O5S/c1-7(19)13-11-5-10(14(16(22)23)18(11)15(13)21)8-3-9(24-6-8)4-12(20)17-2/h3,6-7,11,13,19H,4-5H2,1-2H3,(H,17,20)(H,22,23)/t7-,11-,13-/m1/s1. The predicted octanol–water partition coefficient (Wildman–Crippen LogP) is 0.444. The van der Waals surface area contributed by atoms with Gasteiger partial charge in [0.2, 0.25) is 11.8 Å². The van der Waals surface area contributed by atoms with Crippen molar-refractivity contribution in [2.24, 2.45) is 5.92 Å². The molecule has 3 N–H and O–H groups in total. The number of nitrogens with one attached hydrogen (secondary N) is 1. The second kappa shape index (κ2) is 6.03. The zero-order valence-electron chi connectivity index (χ0n) is 13.3. The normalized spacial score (nSPS) is 23.8. The van der Waals surface area contributed by atoms with Crippen LogP contribution in [-0.2, 0) is 20.8 Å². The lowest BCUT2D eigenvalue weighted by atomic mass is 9.82. The van der Waals surface area contributed by atoms with Crippen LogP contribution in [0.2, 0.25) is 0 Å². The Morgan fingerprint density at radius 1 is 1.50 bits per heavy atom. The fraction of sp³-hybridized carbons (Fsp3) is 0.438. The quantitative estimate of drug-likeness (QED) is 0.668. The lowest BCUT2D eigenvalue weighted by Gasteiger charge is -2.44. The third kappa shape index (κ3) is 2.51. The van der Waals surface area contributed by atoms with E-state index in [0.717, 1.165) is 10.4 Å². The minimum absolute atomic E-state index is 0.00815. The molecule has 0 aromatic carbocycles. The number of aliphatic carboxylic acids is 1. The number of rotatable bonds is 5. The van der Waals surface area contributed by atoms with Crippen LogP contribution in [0.4, 0.5) is 0 Å². The largest absolute Gasteiger partial charge is 0.477 e. The van der Waals surface area contributed by atoms with Gasteiger partial charge in [-0.2, -0.15) is 0 Å². The summed E-state index contributed by atoms with van der Waals surface area (Å²) in [5.41, 5.74) is 1.30. The van der Waals surface area contributed by atoms with E-state index in [2.05, 4.69) is 5.32 Å². The van der Waals surface area contributed by atoms with Crippen molar-refractivity contribution in [2.75, 3.05) is 7.05 Å². The number of carboxylic acids is 1. The van der Waals surface area contributed by atoms with Crippen LogP contribution in [0.15, 0.2) is 17.1 Å². The zero-order valence-corrected chi connectivity index (χ0v) is 14.1. The molecule has 7 nitrogen and oxygen atoms in total. The Labute approximate surface area is 142 Å². The van der Waals surface area contributed by atoms with E-state index in [4.69, 9.17) is 0 Å². The van der Waals surface area contributed by atoms with Crippen molar-refractivity contribution in [3.63, 3.8) is 0 Å². The topological polar surface area (TPSA) is 107 Å². The molecule has 1 saturated heterocycles. The van der Waals surface area contributed by atoms with Crippen molar-refractivity contribution >= 4 is 34.7 Å². The van der Waals surface area contributed by atoms with E-state index in [1.165, 1.54) is 16.2 Å². The van der Waals surface area contributed by atoms with Gasteiger partial charge in [-0.05, 0) is 35.9 Å². The minimum atomic E-state index is -1.15. The molecular formula is C16H18N2O5S. The number of β-lactam (4-membered cyclic amide) rings is 1. The Morgan fingerprint density at radius 3 is 2.79 bits per heavy atom. The van der Waals surface area contributed by atoms with Crippen LogP contribution in [0.25, 0.3) is 5.57 Å². The highest BCUT2D eigenvalue weighted by Crippen LogP contribution is 2.47. The fourth-order valence-corrected chi connectivity index (χ4v) is 4.30. The van der Waals surface area contributed by atoms with Crippen molar-refractivity contribution in [2.45, 2.75) is 31.9 Å². The van der Waals surface area contributed by atoms with Gasteiger partial charge >= 0.3 is 5.97 Å². The summed E-state index contributed by atoms with van der Waals surface area (Å²) in [5, 5.41) is 23.6. The number of nitrogens with zero attached hydrogens (tertiary/aromatic N) is 1. The second-order valence-corrected chi connectivity index (χ2v) is 7.03. The smallest absolute Gasteiger partial charge is 0.352 e. The van der Waals surface area contributed by atoms with Crippen LogP contribution in [0.3, 0.4) is 0 Å². The number of carboxylic acid groups (broad SMARTS) is 1. The Balaban J connectivity index is 1.91. The van der Waals surface area contributed by atoms with Gasteiger partial charge in [-0.3, -0.25) is 9.59 Å². The van der Waals surface area contributed by atoms with Gasteiger partial charge in [0, 0.05) is 11.9 Å². The Hall–Kier alpha value is -2.19. The SMILES string of the molecule is CNC(=O)Cc1cc(C2=C(C(=O)O)N3C(=O)[C@H]([C@@H](C)O)[C@H]3C2)cs1. The fourth-order valence-electron chi connectivity index (χ4n) is 3.41. The molecule has 0 saturated carbocycles. The first-order chi connectivity index (χ1) is 11.3. The van der Waals surface area contributed by atoms with Crippen LogP contribution in [0, 0.1) is 5.92 Å². The number of hydrogen-bond acceptors (Lipinski definition) is 5. The van der Waals surface area contributed by atoms with E-state index in [1.54, 1.807) is 20.0 Å². The summed E-state index contributed by atoms with van der Waals surface area (Å²) >= 11 is 1.38. The highest BCUT2D eigenvalue weighted by molar-refractivity contribution is 7.10. The van der Waals surface area contributed by atoms with Gasteiger partial charge in [0.25, 0.3) is 0 Å². The number of likely N-dealkylation sites (N-methyl/N-ethyl adjacent to an activating group) is 1. The van der Waals surface area contributed by atoms with Gasteiger partial charge in [-0.15, -0.1) is 11.3 Å².